The van der Waals surface area contributed by atoms with Crippen molar-refractivity contribution in [1.82, 2.24) is 25.2 Å². The summed E-state index contributed by atoms with van der Waals surface area (Å²) in [6.07, 6.45) is -2.27. The molecule has 3 aromatic rings. The van der Waals surface area contributed by atoms with Crippen molar-refractivity contribution in [2.45, 2.75) is 32.1 Å². The van der Waals surface area contributed by atoms with Crippen LogP contribution in [0.5, 0.6) is 0 Å². The SMILES string of the molecule is CC(C)Nc1ccc2c(C(=O)NCC(c3cnc(C(F)(F)F)nc3)N3CCOCC3)cccc2n1. The summed E-state index contributed by atoms with van der Waals surface area (Å²) >= 11 is 0. The van der Waals surface area contributed by atoms with Gasteiger partial charge in [-0.25, -0.2) is 15.0 Å². The number of amides is 1. The van der Waals surface area contributed by atoms with Gasteiger partial charge in [-0.3, -0.25) is 9.69 Å². The van der Waals surface area contributed by atoms with Crippen molar-refractivity contribution in [2.24, 2.45) is 0 Å². The summed E-state index contributed by atoms with van der Waals surface area (Å²) in [6, 6.07) is 8.83. The summed E-state index contributed by atoms with van der Waals surface area (Å²) < 4.78 is 44.1. The van der Waals surface area contributed by atoms with Crippen LogP contribution in [0.25, 0.3) is 10.9 Å². The quantitative estimate of drug-likeness (QED) is 0.524. The maximum absolute atomic E-state index is 13.1. The maximum atomic E-state index is 13.1. The Morgan fingerprint density at radius 2 is 1.83 bits per heavy atom. The van der Waals surface area contributed by atoms with Gasteiger partial charge in [0.2, 0.25) is 5.82 Å². The molecule has 0 bridgehead atoms. The standard InChI is InChI=1S/C24H27F3N6O2/c1-15(2)31-21-7-6-17-18(4-3-5-19(17)32-21)22(34)28-14-20(33-8-10-35-11-9-33)16-12-29-23(30-13-16)24(25,26)27/h3-7,12-13,15,20H,8-11,14H2,1-2H3,(H,28,34)(H,31,32). The molecule has 1 aromatic carbocycles. The van der Waals surface area contributed by atoms with Gasteiger partial charge < -0.3 is 15.4 Å². The van der Waals surface area contributed by atoms with E-state index in [1.807, 2.05) is 36.9 Å². The number of fused-ring (bicyclic) bond motifs is 1. The van der Waals surface area contributed by atoms with Crippen LogP contribution >= 0.6 is 0 Å². The molecule has 186 valence electrons. The van der Waals surface area contributed by atoms with E-state index in [1.54, 1.807) is 12.1 Å². The normalized spacial score (nSPS) is 15.8. The molecule has 4 rings (SSSR count). The fraction of sp³-hybridized carbons (Fsp3) is 0.417. The molecule has 1 unspecified atom stereocenters. The molecular formula is C24H27F3N6O2. The number of rotatable bonds is 7. The number of carbonyl (C=O) groups is 1. The van der Waals surface area contributed by atoms with Crippen molar-refractivity contribution < 1.29 is 22.7 Å². The van der Waals surface area contributed by atoms with Crippen LogP contribution in [0.1, 0.15) is 41.6 Å². The van der Waals surface area contributed by atoms with Crippen LogP contribution < -0.4 is 10.6 Å². The topological polar surface area (TPSA) is 92.3 Å². The molecule has 35 heavy (non-hydrogen) atoms. The van der Waals surface area contributed by atoms with Gasteiger partial charge in [-0.2, -0.15) is 13.2 Å². The number of benzene rings is 1. The fourth-order valence-corrected chi connectivity index (χ4v) is 4.02. The molecule has 2 aromatic heterocycles. The zero-order valence-electron chi connectivity index (χ0n) is 19.5. The van der Waals surface area contributed by atoms with Crippen LogP contribution in [0.4, 0.5) is 19.0 Å². The van der Waals surface area contributed by atoms with Crippen LogP contribution in [0.2, 0.25) is 0 Å². The molecule has 1 aliphatic heterocycles. The van der Waals surface area contributed by atoms with Crippen LogP contribution in [-0.4, -0.2) is 64.6 Å². The van der Waals surface area contributed by atoms with Gasteiger partial charge in [0.25, 0.3) is 5.91 Å². The van der Waals surface area contributed by atoms with Crippen molar-refractivity contribution in [1.29, 1.82) is 0 Å². The molecule has 2 N–H and O–H groups in total. The van der Waals surface area contributed by atoms with Gasteiger partial charge in [-0.1, -0.05) is 6.07 Å². The Balaban J connectivity index is 1.54. The van der Waals surface area contributed by atoms with E-state index in [4.69, 9.17) is 4.74 Å². The number of pyridine rings is 1. The summed E-state index contributed by atoms with van der Waals surface area (Å²) in [5.41, 5.74) is 1.64. The van der Waals surface area contributed by atoms with Crippen molar-refractivity contribution in [3.63, 3.8) is 0 Å². The number of anilines is 1. The third-order valence-corrected chi connectivity index (χ3v) is 5.67. The molecule has 1 saturated heterocycles. The number of aromatic nitrogens is 3. The second-order valence-corrected chi connectivity index (χ2v) is 8.58. The lowest BCUT2D eigenvalue weighted by Crippen LogP contribution is -2.44. The number of hydrogen-bond donors (Lipinski definition) is 2. The zero-order chi connectivity index (χ0) is 25.0. The van der Waals surface area contributed by atoms with E-state index in [9.17, 15) is 18.0 Å². The Kier molecular flexibility index (Phi) is 7.46. The number of ether oxygens (including phenoxy) is 1. The number of carbonyl (C=O) groups excluding carboxylic acids is 1. The predicted molar refractivity (Wildman–Crippen MR) is 125 cm³/mol. The van der Waals surface area contributed by atoms with Gasteiger partial charge in [0, 0.05) is 54.6 Å². The molecule has 8 nitrogen and oxygen atoms in total. The molecule has 3 heterocycles. The molecular weight excluding hydrogens is 461 g/mol. The van der Waals surface area contributed by atoms with E-state index in [0.717, 1.165) is 5.82 Å². The zero-order valence-corrected chi connectivity index (χ0v) is 19.5. The van der Waals surface area contributed by atoms with Gasteiger partial charge >= 0.3 is 6.18 Å². The second-order valence-electron chi connectivity index (χ2n) is 8.58. The smallest absolute Gasteiger partial charge is 0.379 e. The third-order valence-electron chi connectivity index (χ3n) is 5.67. The molecule has 0 aliphatic carbocycles. The van der Waals surface area contributed by atoms with E-state index in [0.29, 0.717) is 48.3 Å². The summed E-state index contributed by atoms with van der Waals surface area (Å²) in [5.74, 6) is -0.770. The fourth-order valence-electron chi connectivity index (χ4n) is 4.02. The van der Waals surface area contributed by atoms with E-state index in [1.165, 1.54) is 12.4 Å². The van der Waals surface area contributed by atoms with Crippen LogP contribution in [0.15, 0.2) is 42.7 Å². The molecule has 1 fully saturated rings. The molecule has 1 atom stereocenters. The highest BCUT2D eigenvalue weighted by atomic mass is 19.4. The van der Waals surface area contributed by atoms with Crippen molar-refractivity contribution in [3.05, 3.63) is 59.7 Å². The Bertz CT molecular complexity index is 1160. The van der Waals surface area contributed by atoms with Crippen molar-refractivity contribution in [3.8, 4) is 0 Å². The molecule has 1 amide bonds. The highest BCUT2D eigenvalue weighted by Gasteiger charge is 2.35. The van der Waals surface area contributed by atoms with Gasteiger partial charge in [-0.05, 0) is 38.1 Å². The number of halogens is 3. The maximum Gasteiger partial charge on any atom is 0.451 e. The number of morpholine rings is 1. The Labute approximate surface area is 200 Å². The molecule has 0 saturated carbocycles. The lowest BCUT2D eigenvalue weighted by atomic mass is 10.1. The highest BCUT2D eigenvalue weighted by Crippen LogP contribution is 2.27. The Morgan fingerprint density at radius 3 is 2.49 bits per heavy atom. The summed E-state index contributed by atoms with van der Waals surface area (Å²) in [6.45, 7) is 6.34. The largest absolute Gasteiger partial charge is 0.451 e. The van der Waals surface area contributed by atoms with Gasteiger partial charge in [0.05, 0.1) is 24.8 Å². The number of nitrogens with zero attached hydrogens (tertiary/aromatic N) is 4. The van der Waals surface area contributed by atoms with E-state index >= 15 is 0 Å². The lowest BCUT2D eigenvalue weighted by molar-refractivity contribution is -0.145. The minimum absolute atomic E-state index is 0.171. The van der Waals surface area contributed by atoms with Crippen LogP contribution in [-0.2, 0) is 10.9 Å². The first-order chi connectivity index (χ1) is 16.7. The third kappa shape index (κ3) is 6.04. The second kappa shape index (κ2) is 10.5. The first-order valence-electron chi connectivity index (χ1n) is 11.4. The highest BCUT2D eigenvalue weighted by molar-refractivity contribution is 6.06. The Hall–Kier alpha value is -3.31. The van der Waals surface area contributed by atoms with E-state index in [2.05, 4.69) is 25.6 Å². The Morgan fingerprint density at radius 1 is 1.11 bits per heavy atom. The first-order valence-corrected chi connectivity index (χ1v) is 11.4. The van der Waals surface area contributed by atoms with E-state index in [-0.39, 0.29) is 18.5 Å². The number of alkyl halides is 3. The van der Waals surface area contributed by atoms with Gasteiger partial charge in [0.15, 0.2) is 0 Å². The predicted octanol–water partition coefficient (Wildman–Crippen LogP) is 3.67. The van der Waals surface area contributed by atoms with Crippen LogP contribution in [0, 0.1) is 0 Å². The monoisotopic (exact) mass is 488 g/mol. The number of nitrogens with one attached hydrogen (secondary N) is 2. The average Bonchev–Trinajstić information content (AvgIpc) is 2.83. The van der Waals surface area contributed by atoms with Gasteiger partial charge in [0.1, 0.15) is 5.82 Å². The lowest BCUT2D eigenvalue weighted by Gasteiger charge is -2.34. The summed E-state index contributed by atoms with van der Waals surface area (Å²) in [5, 5.41) is 6.89. The van der Waals surface area contributed by atoms with Gasteiger partial charge in [-0.15, -0.1) is 0 Å². The molecule has 0 spiro atoms. The minimum atomic E-state index is -4.62. The first kappa shape index (κ1) is 24.8. The number of hydrogen-bond acceptors (Lipinski definition) is 7. The minimum Gasteiger partial charge on any atom is -0.379 e. The summed E-state index contributed by atoms with van der Waals surface area (Å²) in [7, 11) is 0. The average molecular weight is 489 g/mol. The molecule has 11 heteroatoms. The van der Waals surface area contributed by atoms with E-state index < -0.39 is 18.0 Å². The molecule has 1 aliphatic rings. The summed E-state index contributed by atoms with van der Waals surface area (Å²) in [4.78, 5) is 26.8. The molecule has 0 radical (unpaired) electrons. The van der Waals surface area contributed by atoms with Crippen molar-refractivity contribution >= 4 is 22.6 Å². The van der Waals surface area contributed by atoms with Crippen molar-refractivity contribution in [2.75, 3.05) is 38.2 Å². The van der Waals surface area contributed by atoms with Crippen LogP contribution in [0.3, 0.4) is 0 Å².